The number of halogens is 1. The number of hydrogen-bond acceptors (Lipinski definition) is 3. The van der Waals surface area contributed by atoms with Crippen LogP contribution in [-0.4, -0.2) is 20.6 Å². The van der Waals surface area contributed by atoms with Gasteiger partial charge in [0.1, 0.15) is 0 Å². The summed E-state index contributed by atoms with van der Waals surface area (Å²) in [6.45, 7) is 4.57. The van der Waals surface area contributed by atoms with Gasteiger partial charge in [-0.1, -0.05) is 48.9 Å². The standard InChI is InChI=1S/C23H21ClN2O2S/c1-3-15(2)25-14-17(19-6-4-5-7-20(19)25)12-21-22(27)26(23(28)29-21)13-16-8-10-18(24)11-9-16/h4-12,14-15H,3,13H2,1-2H3/b21-12+/t15-/m0/s1. The summed E-state index contributed by atoms with van der Waals surface area (Å²) in [7, 11) is 0. The normalized spacial score (nSPS) is 16.9. The van der Waals surface area contributed by atoms with Crippen molar-refractivity contribution in [3.8, 4) is 0 Å². The molecule has 0 bridgehead atoms. The van der Waals surface area contributed by atoms with Crippen molar-refractivity contribution in [3.63, 3.8) is 0 Å². The highest BCUT2D eigenvalue weighted by Crippen LogP contribution is 2.35. The first-order valence-corrected chi connectivity index (χ1v) is 10.8. The van der Waals surface area contributed by atoms with E-state index in [0.717, 1.165) is 40.2 Å². The Morgan fingerprint density at radius 2 is 1.83 bits per heavy atom. The molecule has 1 aliphatic heterocycles. The zero-order chi connectivity index (χ0) is 20.5. The van der Waals surface area contributed by atoms with E-state index in [1.165, 1.54) is 4.90 Å². The average molecular weight is 425 g/mol. The largest absolute Gasteiger partial charge is 0.344 e. The van der Waals surface area contributed by atoms with Crippen LogP contribution in [0, 0.1) is 0 Å². The third-order valence-corrected chi connectivity index (χ3v) is 6.41. The number of carbonyl (C=O) groups excluding carboxylic acids is 2. The van der Waals surface area contributed by atoms with Crippen LogP contribution < -0.4 is 0 Å². The summed E-state index contributed by atoms with van der Waals surface area (Å²) < 4.78 is 2.24. The van der Waals surface area contributed by atoms with Gasteiger partial charge in [0.05, 0.1) is 11.4 Å². The fraction of sp³-hybridized carbons (Fsp3) is 0.217. The number of carbonyl (C=O) groups is 2. The monoisotopic (exact) mass is 424 g/mol. The molecular weight excluding hydrogens is 404 g/mol. The molecule has 1 aliphatic rings. The Morgan fingerprint density at radius 1 is 1.10 bits per heavy atom. The van der Waals surface area contributed by atoms with Gasteiger partial charge in [-0.15, -0.1) is 0 Å². The fourth-order valence-corrected chi connectivity index (χ4v) is 4.41. The van der Waals surface area contributed by atoms with Gasteiger partial charge >= 0.3 is 0 Å². The van der Waals surface area contributed by atoms with Crippen molar-refractivity contribution in [2.45, 2.75) is 32.9 Å². The van der Waals surface area contributed by atoms with Gasteiger partial charge in [0, 0.05) is 33.7 Å². The molecule has 6 heteroatoms. The average Bonchev–Trinajstić information content (AvgIpc) is 3.22. The van der Waals surface area contributed by atoms with Gasteiger partial charge in [-0.3, -0.25) is 14.5 Å². The van der Waals surface area contributed by atoms with Crippen LogP contribution in [0.25, 0.3) is 17.0 Å². The number of imide groups is 1. The van der Waals surface area contributed by atoms with Crippen LogP contribution in [0.1, 0.15) is 37.4 Å². The molecule has 1 fully saturated rings. The van der Waals surface area contributed by atoms with E-state index in [-0.39, 0.29) is 17.7 Å². The Hall–Kier alpha value is -2.50. The van der Waals surface area contributed by atoms with E-state index in [0.29, 0.717) is 16.0 Å². The van der Waals surface area contributed by atoms with Gasteiger partial charge in [0.2, 0.25) is 0 Å². The van der Waals surface area contributed by atoms with Crippen LogP contribution in [0.5, 0.6) is 0 Å². The van der Waals surface area contributed by atoms with Crippen LogP contribution >= 0.6 is 23.4 Å². The molecule has 1 aromatic heterocycles. The highest BCUT2D eigenvalue weighted by atomic mass is 35.5. The lowest BCUT2D eigenvalue weighted by Gasteiger charge is -2.12. The predicted octanol–water partition coefficient (Wildman–Crippen LogP) is 6.50. The molecule has 4 rings (SSSR count). The minimum atomic E-state index is -0.254. The summed E-state index contributed by atoms with van der Waals surface area (Å²) in [4.78, 5) is 27.1. The Labute approximate surface area is 179 Å². The number of nitrogens with zero attached hydrogens (tertiary/aromatic N) is 2. The Bertz CT molecular complexity index is 1120. The number of fused-ring (bicyclic) bond motifs is 1. The molecule has 2 aromatic carbocycles. The number of amides is 2. The molecule has 3 aromatic rings. The van der Waals surface area contributed by atoms with Crippen LogP contribution in [0.2, 0.25) is 5.02 Å². The van der Waals surface area contributed by atoms with Gasteiger partial charge in [0.25, 0.3) is 11.1 Å². The summed E-state index contributed by atoms with van der Waals surface area (Å²) in [6.07, 6.45) is 4.93. The lowest BCUT2D eigenvalue weighted by atomic mass is 10.1. The van der Waals surface area contributed by atoms with Crippen molar-refractivity contribution in [3.05, 3.63) is 75.8 Å². The van der Waals surface area contributed by atoms with E-state index in [1.807, 2.05) is 30.3 Å². The second kappa shape index (κ2) is 8.09. The van der Waals surface area contributed by atoms with E-state index in [2.05, 4.69) is 36.7 Å². The Kier molecular flexibility index (Phi) is 5.52. The lowest BCUT2D eigenvalue weighted by molar-refractivity contribution is -0.123. The number of aromatic nitrogens is 1. The molecule has 29 heavy (non-hydrogen) atoms. The highest BCUT2D eigenvalue weighted by molar-refractivity contribution is 8.18. The number of rotatable bonds is 5. The molecule has 0 unspecified atom stereocenters. The molecule has 4 nitrogen and oxygen atoms in total. The summed E-state index contributed by atoms with van der Waals surface area (Å²) in [5.41, 5.74) is 2.96. The van der Waals surface area contributed by atoms with Gasteiger partial charge in [-0.05, 0) is 54.9 Å². The zero-order valence-corrected chi connectivity index (χ0v) is 17.8. The van der Waals surface area contributed by atoms with Crippen LogP contribution in [0.3, 0.4) is 0 Å². The van der Waals surface area contributed by atoms with E-state index >= 15 is 0 Å². The first kappa shape index (κ1) is 19.8. The maximum absolute atomic E-state index is 12.9. The Balaban J connectivity index is 1.66. The van der Waals surface area contributed by atoms with Gasteiger partial charge in [-0.25, -0.2) is 0 Å². The third-order valence-electron chi connectivity index (χ3n) is 5.25. The van der Waals surface area contributed by atoms with E-state index in [1.54, 1.807) is 12.1 Å². The predicted molar refractivity (Wildman–Crippen MR) is 120 cm³/mol. The van der Waals surface area contributed by atoms with Crippen molar-refractivity contribution in [1.29, 1.82) is 0 Å². The number of hydrogen-bond donors (Lipinski definition) is 0. The molecular formula is C23H21ClN2O2S. The first-order chi connectivity index (χ1) is 14.0. The molecule has 0 N–H and O–H groups in total. The summed E-state index contributed by atoms with van der Waals surface area (Å²) in [5, 5.41) is 1.46. The topological polar surface area (TPSA) is 42.3 Å². The van der Waals surface area contributed by atoms with Crippen molar-refractivity contribution in [1.82, 2.24) is 9.47 Å². The van der Waals surface area contributed by atoms with Crippen molar-refractivity contribution >= 4 is 51.5 Å². The number of benzene rings is 2. The van der Waals surface area contributed by atoms with E-state index in [9.17, 15) is 9.59 Å². The fourth-order valence-electron chi connectivity index (χ4n) is 3.46. The summed E-state index contributed by atoms with van der Waals surface area (Å²) >= 11 is 6.91. The number of thioether (sulfide) groups is 1. The zero-order valence-electron chi connectivity index (χ0n) is 16.3. The van der Waals surface area contributed by atoms with Crippen molar-refractivity contribution in [2.75, 3.05) is 0 Å². The maximum atomic E-state index is 12.9. The number of para-hydroxylation sites is 1. The summed E-state index contributed by atoms with van der Waals surface area (Å²) in [5.74, 6) is -0.254. The highest BCUT2D eigenvalue weighted by Gasteiger charge is 2.35. The Morgan fingerprint density at radius 3 is 2.55 bits per heavy atom. The molecule has 0 spiro atoms. The van der Waals surface area contributed by atoms with E-state index < -0.39 is 0 Å². The van der Waals surface area contributed by atoms with Gasteiger partial charge in [-0.2, -0.15) is 0 Å². The van der Waals surface area contributed by atoms with Crippen molar-refractivity contribution < 1.29 is 9.59 Å². The molecule has 1 saturated heterocycles. The van der Waals surface area contributed by atoms with Crippen molar-refractivity contribution in [2.24, 2.45) is 0 Å². The quantitative estimate of drug-likeness (QED) is 0.439. The smallest absolute Gasteiger partial charge is 0.293 e. The van der Waals surface area contributed by atoms with E-state index in [4.69, 9.17) is 11.6 Å². The van der Waals surface area contributed by atoms with Gasteiger partial charge < -0.3 is 4.57 Å². The van der Waals surface area contributed by atoms with Gasteiger partial charge in [0.15, 0.2) is 0 Å². The second-order valence-corrected chi connectivity index (χ2v) is 8.59. The SMILES string of the molecule is CC[C@H](C)n1cc(/C=C2/SC(=O)N(Cc3ccc(Cl)cc3)C2=O)c2ccccc21. The first-order valence-electron chi connectivity index (χ1n) is 9.57. The minimum Gasteiger partial charge on any atom is -0.344 e. The molecule has 0 saturated carbocycles. The van der Waals surface area contributed by atoms with Crippen LogP contribution in [-0.2, 0) is 11.3 Å². The molecule has 1 atom stereocenters. The molecule has 0 radical (unpaired) electrons. The molecule has 2 amide bonds. The van der Waals surface area contributed by atoms with Crippen LogP contribution in [0.4, 0.5) is 4.79 Å². The second-order valence-electron chi connectivity index (χ2n) is 7.16. The molecule has 148 valence electrons. The minimum absolute atomic E-state index is 0.244. The molecule has 2 heterocycles. The maximum Gasteiger partial charge on any atom is 0.293 e. The lowest BCUT2D eigenvalue weighted by Crippen LogP contribution is -2.27. The molecule has 0 aliphatic carbocycles. The summed E-state index contributed by atoms with van der Waals surface area (Å²) in [6, 6.07) is 15.7. The third kappa shape index (κ3) is 3.85. The van der Waals surface area contributed by atoms with Crippen LogP contribution in [0.15, 0.2) is 59.6 Å².